The molecule has 6 heteroatoms. The van der Waals surface area contributed by atoms with E-state index in [2.05, 4.69) is 0 Å². The lowest BCUT2D eigenvalue weighted by Crippen LogP contribution is -2.19. The van der Waals surface area contributed by atoms with Crippen molar-refractivity contribution in [1.29, 1.82) is 0 Å². The van der Waals surface area contributed by atoms with E-state index in [1.807, 2.05) is 0 Å². The molecule has 1 fully saturated rings. The van der Waals surface area contributed by atoms with Crippen LogP contribution in [0, 0.1) is 0 Å². The van der Waals surface area contributed by atoms with Crippen molar-refractivity contribution in [2.45, 2.75) is 31.2 Å². The van der Waals surface area contributed by atoms with E-state index in [0.29, 0.717) is 26.1 Å². The van der Waals surface area contributed by atoms with Crippen LogP contribution in [0.5, 0.6) is 0 Å². The largest absolute Gasteiger partial charge is 0.349 e. The third-order valence-electron chi connectivity index (χ3n) is 2.31. The Hall–Kier alpha value is 0.300. The summed E-state index contributed by atoms with van der Waals surface area (Å²) in [6.45, 7) is 4.19. The van der Waals surface area contributed by atoms with Gasteiger partial charge in [0.2, 0.25) is 0 Å². The van der Waals surface area contributed by atoms with Crippen LogP contribution in [-0.4, -0.2) is 28.2 Å². The zero-order chi connectivity index (χ0) is 10.8. The van der Waals surface area contributed by atoms with E-state index < -0.39 is 22.9 Å². The van der Waals surface area contributed by atoms with Gasteiger partial charge in [0.15, 0.2) is 0 Å². The van der Waals surface area contributed by atoms with Crippen LogP contribution in [0.3, 0.4) is 0 Å². The summed E-state index contributed by atoms with van der Waals surface area (Å²) >= 11 is 0. The van der Waals surface area contributed by atoms with E-state index in [1.54, 1.807) is 20.1 Å². The Morgan fingerprint density at radius 2 is 1.71 bits per heavy atom. The third-order valence-corrected chi connectivity index (χ3v) is 7.87. The van der Waals surface area contributed by atoms with Crippen molar-refractivity contribution in [3.8, 4) is 0 Å². The second kappa shape index (κ2) is 4.44. The monoisotopic (exact) mass is 240 g/mol. The second-order valence-electron chi connectivity index (χ2n) is 3.23. The van der Waals surface area contributed by atoms with Gasteiger partial charge in [-0.3, -0.25) is 8.77 Å². The van der Waals surface area contributed by atoms with Crippen molar-refractivity contribution in [3.05, 3.63) is 0 Å². The predicted octanol–water partition coefficient (Wildman–Crippen LogP) is 2.12. The van der Waals surface area contributed by atoms with Gasteiger partial charge in [0.05, 0.1) is 13.2 Å². The van der Waals surface area contributed by atoms with Gasteiger partial charge in [-0.15, -0.1) is 0 Å². The van der Waals surface area contributed by atoms with Crippen molar-refractivity contribution in [2.24, 2.45) is 0 Å². The summed E-state index contributed by atoms with van der Waals surface area (Å²) in [5, 5.41) is 0. The molecule has 14 heavy (non-hydrogen) atoms. The highest BCUT2D eigenvalue weighted by Gasteiger charge is 2.63. The zero-order valence-electron chi connectivity index (χ0n) is 8.82. The lowest BCUT2D eigenvalue weighted by atomic mass is 10.9. The Bertz CT molecular complexity index is 265. The molecule has 0 bridgehead atoms. The molecule has 1 rings (SSSR count). The summed E-state index contributed by atoms with van der Waals surface area (Å²) in [6.07, 6.45) is 2.92. The summed E-state index contributed by atoms with van der Waals surface area (Å²) < 4.78 is 33.5. The van der Waals surface area contributed by atoms with Gasteiger partial charge >= 0.3 is 7.60 Å². The molecule has 0 aromatic rings. The van der Waals surface area contributed by atoms with Crippen molar-refractivity contribution in [1.82, 2.24) is 0 Å². The van der Waals surface area contributed by atoms with Gasteiger partial charge in [0.25, 0.3) is 0 Å². The van der Waals surface area contributed by atoms with Crippen LogP contribution >= 0.6 is 7.60 Å². The maximum Gasteiger partial charge on any atom is 0.349 e. The SMILES string of the molecule is CCOP(=O)(OCC)C1(S(C)=O)CC1. The Kier molecular flexibility index (Phi) is 3.92. The summed E-state index contributed by atoms with van der Waals surface area (Å²) in [4.78, 5) is 0. The Labute approximate surface area is 87.4 Å². The fourth-order valence-corrected chi connectivity index (χ4v) is 5.58. The van der Waals surface area contributed by atoms with E-state index in [4.69, 9.17) is 9.05 Å². The molecule has 1 aliphatic carbocycles. The lowest BCUT2D eigenvalue weighted by Gasteiger charge is -2.24. The number of hydrogen-bond acceptors (Lipinski definition) is 4. The fraction of sp³-hybridized carbons (Fsp3) is 1.00. The lowest BCUT2D eigenvalue weighted by molar-refractivity contribution is 0.216. The van der Waals surface area contributed by atoms with Crippen LogP contribution < -0.4 is 0 Å². The Morgan fingerprint density at radius 3 is 1.93 bits per heavy atom. The first-order valence-corrected chi connectivity index (χ1v) is 7.85. The molecule has 0 amide bonds. The molecule has 0 radical (unpaired) electrons. The molecule has 1 atom stereocenters. The van der Waals surface area contributed by atoms with E-state index in [1.165, 1.54) is 0 Å². The third kappa shape index (κ3) is 1.96. The van der Waals surface area contributed by atoms with Crippen LogP contribution in [0.4, 0.5) is 0 Å². The first kappa shape index (κ1) is 12.4. The van der Waals surface area contributed by atoms with Gasteiger partial charge in [-0.25, -0.2) is 0 Å². The van der Waals surface area contributed by atoms with E-state index >= 15 is 0 Å². The molecule has 0 saturated heterocycles. The van der Waals surface area contributed by atoms with E-state index in [9.17, 15) is 8.77 Å². The molecule has 1 unspecified atom stereocenters. The normalized spacial score (nSPS) is 21.9. The summed E-state index contributed by atoms with van der Waals surface area (Å²) in [7, 11) is -4.32. The van der Waals surface area contributed by atoms with Gasteiger partial charge < -0.3 is 9.05 Å². The maximum atomic E-state index is 12.3. The van der Waals surface area contributed by atoms with Gasteiger partial charge in [-0.2, -0.15) is 0 Å². The summed E-state index contributed by atoms with van der Waals surface area (Å²) in [5.41, 5.74) is 0. The van der Waals surface area contributed by atoms with Crippen molar-refractivity contribution >= 4 is 18.4 Å². The smallest absolute Gasteiger partial charge is 0.308 e. The van der Waals surface area contributed by atoms with Crippen molar-refractivity contribution in [3.63, 3.8) is 0 Å². The molecule has 0 aliphatic heterocycles. The van der Waals surface area contributed by atoms with Crippen LogP contribution in [0.2, 0.25) is 0 Å². The quantitative estimate of drug-likeness (QED) is 0.667. The number of rotatable bonds is 6. The molecule has 4 nitrogen and oxygen atoms in total. The molecule has 0 spiro atoms. The van der Waals surface area contributed by atoms with Crippen LogP contribution in [0.1, 0.15) is 26.7 Å². The highest BCUT2D eigenvalue weighted by atomic mass is 32.2. The number of hydrogen-bond donors (Lipinski definition) is 0. The van der Waals surface area contributed by atoms with Gasteiger partial charge in [-0.05, 0) is 26.7 Å². The van der Waals surface area contributed by atoms with Crippen LogP contribution in [-0.2, 0) is 24.4 Å². The van der Waals surface area contributed by atoms with E-state index in [-0.39, 0.29) is 0 Å². The van der Waals surface area contributed by atoms with E-state index in [0.717, 1.165) is 0 Å². The molecule has 0 aromatic heterocycles. The first-order chi connectivity index (χ1) is 6.52. The van der Waals surface area contributed by atoms with Gasteiger partial charge in [-0.1, -0.05) is 0 Å². The molecule has 84 valence electrons. The minimum Gasteiger partial charge on any atom is -0.308 e. The van der Waals surface area contributed by atoms with Gasteiger partial charge in [0.1, 0.15) is 4.49 Å². The minimum atomic E-state index is -3.17. The minimum absolute atomic E-state index is 0.330. The maximum absolute atomic E-state index is 12.3. The highest BCUT2D eigenvalue weighted by Crippen LogP contribution is 2.72. The fourth-order valence-electron chi connectivity index (χ4n) is 1.44. The topological polar surface area (TPSA) is 52.6 Å². The van der Waals surface area contributed by atoms with Crippen molar-refractivity contribution < 1.29 is 17.8 Å². The van der Waals surface area contributed by atoms with Crippen LogP contribution in [0.25, 0.3) is 0 Å². The first-order valence-electron chi connectivity index (χ1n) is 4.75. The highest BCUT2D eigenvalue weighted by molar-refractivity contribution is 7.94. The zero-order valence-corrected chi connectivity index (χ0v) is 10.5. The summed E-state index contributed by atoms with van der Waals surface area (Å²) in [6, 6.07) is 0. The molecule has 0 N–H and O–H groups in total. The van der Waals surface area contributed by atoms with Crippen LogP contribution in [0.15, 0.2) is 0 Å². The Morgan fingerprint density at radius 1 is 1.29 bits per heavy atom. The molecule has 0 aromatic carbocycles. The Balaban J connectivity index is 2.87. The molecule has 0 heterocycles. The second-order valence-corrected chi connectivity index (χ2v) is 7.59. The average Bonchev–Trinajstić information content (AvgIpc) is 2.84. The molecular formula is C8H17O4PS. The average molecular weight is 240 g/mol. The molecule has 1 saturated carbocycles. The summed E-state index contributed by atoms with van der Waals surface area (Å²) in [5.74, 6) is 0. The standard InChI is InChI=1S/C8H17O4PS/c1-4-11-13(9,12-5-2)8(6-7-8)14(3)10/h4-7H2,1-3H3. The molecular weight excluding hydrogens is 223 g/mol. The van der Waals surface area contributed by atoms with Crippen molar-refractivity contribution in [2.75, 3.05) is 19.5 Å². The van der Waals surface area contributed by atoms with Gasteiger partial charge in [0, 0.05) is 17.1 Å². The molecule has 1 aliphatic rings. The predicted molar refractivity (Wildman–Crippen MR) is 56.9 cm³/mol.